The summed E-state index contributed by atoms with van der Waals surface area (Å²) in [4.78, 5) is 0. The second-order valence-electron chi connectivity index (χ2n) is 5.18. The van der Waals surface area contributed by atoms with Gasteiger partial charge >= 0.3 is 0 Å². The average molecular weight is 328 g/mol. The molecule has 1 unspecified atom stereocenters. The molecule has 2 aromatic carbocycles. The minimum absolute atomic E-state index is 0.292. The van der Waals surface area contributed by atoms with Gasteiger partial charge in [-0.1, -0.05) is 41.4 Å². The Morgan fingerprint density at radius 3 is 2.00 bits per heavy atom. The second kappa shape index (κ2) is 5.97. The first kappa shape index (κ1) is 15.7. The molecule has 0 bridgehead atoms. The highest BCUT2D eigenvalue weighted by atomic mass is 35.5. The summed E-state index contributed by atoms with van der Waals surface area (Å²) in [5, 5.41) is 0.779. The molecule has 0 fully saturated rings. The lowest BCUT2D eigenvalue weighted by Crippen LogP contribution is -2.04. The summed E-state index contributed by atoms with van der Waals surface area (Å²) in [6.07, 6.45) is 0. The quantitative estimate of drug-likeness (QED) is 0.548. The van der Waals surface area contributed by atoms with E-state index in [2.05, 4.69) is 33.8 Å². The molecule has 0 aliphatic heterocycles. The van der Waals surface area contributed by atoms with Crippen LogP contribution in [0.15, 0.2) is 24.3 Å². The second-order valence-corrected chi connectivity index (χ2v) is 6.40. The summed E-state index contributed by atoms with van der Waals surface area (Å²) < 4.78 is 0. The lowest BCUT2D eigenvalue weighted by Gasteiger charge is -2.21. The minimum atomic E-state index is -0.292. The van der Waals surface area contributed by atoms with E-state index in [9.17, 15) is 0 Å². The van der Waals surface area contributed by atoms with Crippen LogP contribution in [-0.4, -0.2) is 0 Å². The van der Waals surface area contributed by atoms with Crippen LogP contribution < -0.4 is 0 Å². The van der Waals surface area contributed by atoms with Gasteiger partial charge < -0.3 is 0 Å². The van der Waals surface area contributed by atoms with Crippen LogP contribution in [0.25, 0.3) is 0 Å². The fourth-order valence-electron chi connectivity index (χ4n) is 2.50. The number of aryl methyl sites for hydroxylation is 2. The van der Waals surface area contributed by atoms with Crippen LogP contribution in [0.1, 0.15) is 38.8 Å². The van der Waals surface area contributed by atoms with Crippen LogP contribution in [0, 0.1) is 27.7 Å². The highest BCUT2D eigenvalue weighted by molar-refractivity contribution is 6.43. The SMILES string of the molecule is Cc1cc(C)c(C)c(C(Cl)c2cccc(Cl)c2Cl)c1C. The van der Waals surface area contributed by atoms with Gasteiger partial charge in [0, 0.05) is 0 Å². The molecule has 0 nitrogen and oxygen atoms in total. The third-order valence-electron chi connectivity index (χ3n) is 3.93. The van der Waals surface area contributed by atoms with Crippen LogP contribution in [0.3, 0.4) is 0 Å². The molecule has 0 aliphatic rings. The van der Waals surface area contributed by atoms with Crippen molar-refractivity contribution in [2.45, 2.75) is 33.1 Å². The lowest BCUT2D eigenvalue weighted by molar-refractivity contribution is 1.05. The maximum absolute atomic E-state index is 6.72. The summed E-state index contributed by atoms with van der Waals surface area (Å²) >= 11 is 19.1. The van der Waals surface area contributed by atoms with Gasteiger partial charge in [0.15, 0.2) is 0 Å². The van der Waals surface area contributed by atoms with Crippen molar-refractivity contribution in [2.75, 3.05) is 0 Å². The Balaban J connectivity index is 2.65. The van der Waals surface area contributed by atoms with Crippen molar-refractivity contribution in [3.63, 3.8) is 0 Å². The molecule has 0 N–H and O–H groups in total. The van der Waals surface area contributed by atoms with Crippen molar-refractivity contribution >= 4 is 34.8 Å². The van der Waals surface area contributed by atoms with Crippen molar-refractivity contribution in [1.29, 1.82) is 0 Å². The normalized spacial score (nSPS) is 12.6. The first-order valence-electron chi connectivity index (χ1n) is 6.49. The largest absolute Gasteiger partial charge is 0.113 e. The molecule has 2 rings (SSSR count). The topological polar surface area (TPSA) is 0 Å². The van der Waals surface area contributed by atoms with Gasteiger partial charge in [-0.3, -0.25) is 0 Å². The Kier molecular flexibility index (Phi) is 4.69. The van der Waals surface area contributed by atoms with Crippen LogP contribution >= 0.6 is 34.8 Å². The molecule has 0 saturated carbocycles. The molecule has 106 valence electrons. The van der Waals surface area contributed by atoms with Crippen LogP contribution in [-0.2, 0) is 0 Å². The van der Waals surface area contributed by atoms with Crippen LogP contribution in [0.5, 0.6) is 0 Å². The number of hydrogen-bond donors (Lipinski definition) is 0. The summed E-state index contributed by atoms with van der Waals surface area (Å²) in [5.41, 5.74) is 6.90. The third-order valence-corrected chi connectivity index (χ3v) is 5.22. The van der Waals surface area contributed by atoms with E-state index in [0.717, 1.165) is 11.1 Å². The number of hydrogen-bond acceptors (Lipinski definition) is 0. The van der Waals surface area contributed by atoms with Gasteiger partial charge in [-0.25, -0.2) is 0 Å². The van der Waals surface area contributed by atoms with Gasteiger partial charge in [0.1, 0.15) is 0 Å². The van der Waals surface area contributed by atoms with Crippen molar-refractivity contribution in [2.24, 2.45) is 0 Å². The molecule has 1 atom stereocenters. The van der Waals surface area contributed by atoms with E-state index in [1.807, 2.05) is 12.1 Å². The monoisotopic (exact) mass is 326 g/mol. The molecule has 0 saturated heterocycles. The Morgan fingerprint density at radius 1 is 0.900 bits per heavy atom. The number of rotatable bonds is 2. The molecule has 0 aromatic heterocycles. The molecule has 0 amide bonds. The van der Waals surface area contributed by atoms with E-state index in [0.29, 0.717) is 10.0 Å². The number of benzene rings is 2. The van der Waals surface area contributed by atoms with E-state index in [-0.39, 0.29) is 5.38 Å². The van der Waals surface area contributed by atoms with Gasteiger partial charge in [0.2, 0.25) is 0 Å². The molecule has 2 aromatic rings. The molecule has 0 aliphatic carbocycles. The standard InChI is InChI=1S/C17H17Cl3/c1-9-8-10(2)12(4)15(11(9)3)17(20)13-6-5-7-14(18)16(13)19/h5-8,17H,1-4H3. The van der Waals surface area contributed by atoms with Crippen molar-refractivity contribution in [3.05, 3.63) is 67.7 Å². The van der Waals surface area contributed by atoms with Crippen molar-refractivity contribution < 1.29 is 0 Å². The third kappa shape index (κ3) is 2.70. The fourth-order valence-corrected chi connectivity index (χ4v) is 3.48. The van der Waals surface area contributed by atoms with Gasteiger partial charge in [0.25, 0.3) is 0 Å². The number of alkyl halides is 1. The zero-order chi connectivity index (χ0) is 15.0. The van der Waals surface area contributed by atoms with Crippen LogP contribution in [0.4, 0.5) is 0 Å². The summed E-state index contributed by atoms with van der Waals surface area (Å²) in [5.74, 6) is 0. The van der Waals surface area contributed by atoms with Gasteiger partial charge in [-0.05, 0) is 67.1 Å². The summed E-state index contributed by atoms with van der Waals surface area (Å²) in [7, 11) is 0. The molecule has 0 spiro atoms. The molecular formula is C17H17Cl3. The Hall–Kier alpha value is -0.690. The van der Waals surface area contributed by atoms with E-state index < -0.39 is 0 Å². The first-order valence-corrected chi connectivity index (χ1v) is 7.69. The summed E-state index contributed by atoms with van der Waals surface area (Å²) in [6, 6.07) is 7.78. The molecule has 0 heterocycles. The predicted octanol–water partition coefficient (Wildman–Crippen LogP) is 6.56. The highest BCUT2D eigenvalue weighted by Gasteiger charge is 2.21. The highest BCUT2D eigenvalue weighted by Crippen LogP contribution is 2.40. The van der Waals surface area contributed by atoms with E-state index in [1.54, 1.807) is 6.07 Å². The van der Waals surface area contributed by atoms with Crippen LogP contribution in [0.2, 0.25) is 10.0 Å². The van der Waals surface area contributed by atoms with E-state index in [1.165, 1.54) is 22.3 Å². The molecular weight excluding hydrogens is 311 g/mol. The zero-order valence-corrected chi connectivity index (χ0v) is 14.3. The zero-order valence-electron chi connectivity index (χ0n) is 12.0. The fraction of sp³-hybridized carbons (Fsp3) is 0.294. The first-order chi connectivity index (χ1) is 9.34. The Bertz CT molecular complexity index is 634. The van der Waals surface area contributed by atoms with Crippen molar-refractivity contribution in [3.8, 4) is 0 Å². The van der Waals surface area contributed by atoms with E-state index in [4.69, 9.17) is 34.8 Å². The average Bonchev–Trinajstić information content (AvgIpc) is 2.40. The van der Waals surface area contributed by atoms with Gasteiger partial charge in [-0.2, -0.15) is 0 Å². The molecule has 0 radical (unpaired) electrons. The maximum atomic E-state index is 6.72. The van der Waals surface area contributed by atoms with Gasteiger partial charge in [0.05, 0.1) is 15.4 Å². The maximum Gasteiger partial charge on any atom is 0.0855 e. The minimum Gasteiger partial charge on any atom is -0.113 e. The lowest BCUT2D eigenvalue weighted by atomic mass is 9.90. The number of halogens is 3. The smallest absolute Gasteiger partial charge is 0.0855 e. The Morgan fingerprint density at radius 2 is 1.45 bits per heavy atom. The summed E-state index contributed by atoms with van der Waals surface area (Å²) in [6.45, 7) is 8.42. The van der Waals surface area contributed by atoms with Gasteiger partial charge in [-0.15, -0.1) is 11.6 Å². The predicted molar refractivity (Wildman–Crippen MR) is 89.5 cm³/mol. The Labute approximate surface area is 135 Å². The molecule has 20 heavy (non-hydrogen) atoms. The van der Waals surface area contributed by atoms with E-state index >= 15 is 0 Å². The molecule has 3 heteroatoms. The van der Waals surface area contributed by atoms with Crippen molar-refractivity contribution in [1.82, 2.24) is 0 Å².